The molecule has 0 aliphatic rings. The zero-order valence-electron chi connectivity index (χ0n) is 8.50. The number of aryl methyl sites for hydroxylation is 1. The number of methoxy groups -OCH3 is 1. The van der Waals surface area contributed by atoms with Crippen LogP contribution in [0.1, 0.15) is 16.7 Å². The zero-order chi connectivity index (χ0) is 11.4. The molecule has 4 heteroatoms. The summed E-state index contributed by atoms with van der Waals surface area (Å²) in [5.41, 5.74) is 2.19. The van der Waals surface area contributed by atoms with Crippen molar-refractivity contribution in [1.82, 2.24) is 0 Å². The molecule has 0 aliphatic carbocycles. The second kappa shape index (κ2) is 4.94. The molecule has 0 saturated carbocycles. The molecule has 0 amide bonds. The number of hydrogen-bond acceptors (Lipinski definition) is 3. The van der Waals surface area contributed by atoms with Gasteiger partial charge in [0.1, 0.15) is 0 Å². The van der Waals surface area contributed by atoms with E-state index in [2.05, 4.69) is 26.7 Å². The number of nitrogens with zero attached hydrogens (tertiary/aromatic N) is 1. The third kappa shape index (κ3) is 2.80. The van der Waals surface area contributed by atoms with Crippen molar-refractivity contribution in [2.45, 2.75) is 13.3 Å². The Morgan fingerprint density at radius 2 is 2.27 bits per heavy atom. The third-order valence-corrected chi connectivity index (χ3v) is 2.92. The van der Waals surface area contributed by atoms with Crippen LogP contribution in [0.25, 0.3) is 0 Å². The van der Waals surface area contributed by atoms with Crippen molar-refractivity contribution in [3.63, 3.8) is 0 Å². The number of esters is 1. The molecule has 0 atom stereocenters. The average Bonchev–Trinajstić information content (AvgIpc) is 2.22. The molecule has 0 spiro atoms. The van der Waals surface area contributed by atoms with E-state index < -0.39 is 0 Å². The summed E-state index contributed by atoms with van der Waals surface area (Å²) < 4.78 is 5.43. The van der Waals surface area contributed by atoms with Crippen LogP contribution in [0.15, 0.2) is 16.6 Å². The monoisotopic (exact) mass is 267 g/mol. The Bertz CT molecular complexity index is 435. The summed E-state index contributed by atoms with van der Waals surface area (Å²) in [5.74, 6) is -0.340. The number of nitriles is 1. The normalized spacial score (nSPS) is 9.47. The lowest BCUT2D eigenvalue weighted by Crippen LogP contribution is -2.06. The minimum absolute atomic E-state index is 0.132. The Hall–Kier alpha value is -1.34. The van der Waals surface area contributed by atoms with Gasteiger partial charge in [-0.25, -0.2) is 0 Å². The van der Waals surface area contributed by atoms with Crippen molar-refractivity contribution < 1.29 is 9.53 Å². The maximum atomic E-state index is 11.1. The highest BCUT2D eigenvalue weighted by atomic mass is 79.9. The van der Waals surface area contributed by atoms with Gasteiger partial charge >= 0.3 is 5.97 Å². The molecular formula is C11H10BrNO2. The summed E-state index contributed by atoms with van der Waals surface area (Å²) >= 11 is 3.34. The lowest BCUT2D eigenvalue weighted by Gasteiger charge is -2.06. The summed E-state index contributed by atoms with van der Waals surface area (Å²) in [5, 5.41) is 8.90. The number of halogens is 1. The van der Waals surface area contributed by atoms with Crippen molar-refractivity contribution in [3.05, 3.63) is 33.3 Å². The molecule has 1 aromatic rings. The second-order valence-corrected chi connectivity index (χ2v) is 3.98. The van der Waals surface area contributed by atoms with Crippen LogP contribution in [0.5, 0.6) is 0 Å². The Labute approximate surface area is 96.8 Å². The summed E-state index contributed by atoms with van der Waals surface area (Å²) in [6.45, 7) is 1.91. The SMILES string of the molecule is COC(=O)Cc1cc(C)c(Br)cc1C#N. The molecule has 0 aromatic heterocycles. The van der Waals surface area contributed by atoms with Crippen LogP contribution in [-0.2, 0) is 16.0 Å². The van der Waals surface area contributed by atoms with Gasteiger partial charge in [-0.15, -0.1) is 0 Å². The fourth-order valence-corrected chi connectivity index (χ4v) is 1.56. The Morgan fingerprint density at radius 1 is 1.60 bits per heavy atom. The van der Waals surface area contributed by atoms with Gasteiger partial charge in [0, 0.05) is 4.47 Å². The number of hydrogen-bond donors (Lipinski definition) is 0. The van der Waals surface area contributed by atoms with Crippen LogP contribution in [0.4, 0.5) is 0 Å². The summed E-state index contributed by atoms with van der Waals surface area (Å²) in [6.07, 6.45) is 0.132. The molecule has 15 heavy (non-hydrogen) atoms. The number of ether oxygens (including phenoxy) is 1. The number of carbonyl (C=O) groups is 1. The average molecular weight is 268 g/mol. The Balaban J connectivity index is 3.12. The van der Waals surface area contributed by atoms with E-state index in [4.69, 9.17) is 5.26 Å². The molecule has 1 aromatic carbocycles. The highest BCUT2D eigenvalue weighted by molar-refractivity contribution is 9.10. The van der Waals surface area contributed by atoms with E-state index in [1.54, 1.807) is 6.07 Å². The predicted molar refractivity (Wildman–Crippen MR) is 59.3 cm³/mol. The molecular weight excluding hydrogens is 258 g/mol. The highest BCUT2D eigenvalue weighted by Gasteiger charge is 2.10. The lowest BCUT2D eigenvalue weighted by atomic mass is 10.0. The van der Waals surface area contributed by atoms with Gasteiger partial charge in [0.25, 0.3) is 0 Å². The minimum Gasteiger partial charge on any atom is -0.469 e. The van der Waals surface area contributed by atoms with Gasteiger partial charge in [0.2, 0.25) is 0 Å². The van der Waals surface area contributed by atoms with E-state index in [1.807, 2.05) is 13.0 Å². The van der Waals surface area contributed by atoms with Gasteiger partial charge < -0.3 is 4.74 Å². The first kappa shape index (κ1) is 11.7. The molecule has 0 bridgehead atoms. The molecule has 0 unspecified atom stereocenters. The number of benzene rings is 1. The highest BCUT2D eigenvalue weighted by Crippen LogP contribution is 2.21. The van der Waals surface area contributed by atoms with E-state index in [0.29, 0.717) is 11.1 Å². The van der Waals surface area contributed by atoms with Crippen molar-refractivity contribution in [2.24, 2.45) is 0 Å². The first-order chi connectivity index (χ1) is 7.08. The second-order valence-electron chi connectivity index (χ2n) is 3.12. The van der Waals surface area contributed by atoms with Crippen LogP contribution in [0.2, 0.25) is 0 Å². The molecule has 0 saturated heterocycles. The smallest absolute Gasteiger partial charge is 0.310 e. The van der Waals surface area contributed by atoms with E-state index in [1.165, 1.54) is 7.11 Å². The van der Waals surface area contributed by atoms with Crippen LogP contribution < -0.4 is 0 Å². The lowest BCUT2D eigenvalue weighted by molar-refractivity contribution is -0.139. The fraction of sp³-hybridized carbons (Fsp3) is 0.273. The van der Waals surface area contributed by atoms with Crippen molar-refractivity contribution in [2.75, 3.05) is 7.11 Å². The number of carbonyl (C=O) groups excluding carboxylic acids is 1. The summed E-state index contributed by atoms with van der Waals surface area (Å²) in [4.78, 5) is 11.1. The quantitative estimate of drug-likeness (QED) is 0.773. The molecule has 1 rings (SSSR count). The first-order valence-electron chi connectivity index (χ1n) is 4.34. The van der Waals surface area contributed by atoms with E-state index in [0.717, 1.165) is 10.0 Å². The largest absolute Gasteiger partial charge is 0.469 e. The van der Waals surface area contributed by atoms with Crippen LogP contribution >= 0.6 is 15.9 Å². The van der Waals surface area contributed by atoms with Crippen molar-refractivity contribution in [1.29, 1.82) is 5.26 Å². The predicted octanol–water partition coefficient (Wildman–Crippen LogP) is 2.34. The fourth-order valence-electron chi connectivity index (χ4n) is 1.22. The first-order valence-corrected chi connectivity index (χ1v) is 5.13. The van der Waals surface area contributed by atoms with Crippen molar-refractivity contribution in [3.8, 4) is 6.07 Å². The van der Waals surface area contributed by atoms with Crippen LogP contribution in [0.3, 0.4) is 0 Å². The molecule has 0 heterocycles. The maximum absolute atomic E-state index is 11.1. The topological polar surface area (TPSA) is 50.1 Å². The molecule has 3 nitrogen and oxygen atoms in total. The van der Waals surface area contributed by atoms with E-state index in [-0.39, 0.29) is 12.4 Å². The van der Waals surface area contributed by atoms with E-state index >= 15 is 0 Å². The number of rotatable bonds is 2. The molecule has 0 N–H and O–H groups in total. The molecule has 78 valence electrons. The van der Waals surface area contributed by atoms with Gasteiger partial charge in [-0.2, -0.15) is 5.26 Å². The minimum atomic E-state index is -0.340. The van der Waals surface area contributed by atoms with Gasteiger partial charge in [-0.3, -0.25) is 4.79 Å². The van der Waals surface area contributed by atoms with Gasteiger partial charge in [0.05, 0.1) is 25.2 Å². The Kier molecular flexibility index (Phi) is 3.87. The van der Waals surface area contributed by atoms with Gasteiger partial charge in [-0.05, 0) is 24.1 Å². The maximum Gasteiger partial charge on any atom is 0.310 e. The molecule has 0 aliphatic heterocycles. The molecule has 0 radical (unpaired) electrons. The van der Waals surface area contributed by atoms with Crippen LogP contribution in [0, 0.1) is 18.3 Å². The van der Waals surface area contributed by atoms with Gasteiger partial charge in [-0.1, -0.05) is 22.0 Å². The van der Waals surface area contributed by atoms with E-state index in [9.17, 15) is 4.79 Å². The third-order valence-electron chi connectivity index (χ3n) is 2.07. The summed E-state index contributed by atoms with van der Waals surface area (Å²) in [7, 11) is 1.33. The van der Waals surface area contributed by atoms with Gasteiger partial charge in [0.15, 0.2) is 0 Å². The van der Waals surface area contributed by atoms with Crippen molar-refractivity contribution >= 4 is 21.9 Å². The molecule has 0 fully saturated rings. The Morgan fingerprint density at radius 3 is 2.80 bits per heavy atom. The zero-order valence-corrected chi connectivity index (χ0v) is 10.1. The van der Waals surface area contributed by atoms with Crippen LogP contribution in [-0.4, -0.2) is 13.1 Å². The summed E-state index contributed by atoms with van der Waals surface area (Å²) in [6, 6.07) is 5.59. The standard InChI is InChI=1S/C11H10BrNO2/c1-7-3-8(5-11(14)15-2)9(6-13)4-10(7)12/h3-4H,5H2,1-2H3.